The molecule has 0 aromatic heterocycles. The van der Waals surface area contributed by atoms with Crippen molar-refractivity contribution in [3.8, 4) is 0 Å². The minimum absolute atomic E-state index is 0.710. The summed E-state index contributed by atoms with van der Waals surface area (Å²) in [5.41, 5.74) is 0. The normalized spacial score (nSPS) is 32.4. The molecular weight excluding hydrogens is 244 g/mol. The van der Waals surface area contributed by atoms with Gasteiger partial charge in [-0.05, 0) is 30.6 Å². The van der Waals surface area contributed by atoms with Crippen molar-refractivity contribution in [3.63, 3.8) is 0 Å². The average molecular weight is 280 g/mol. The minimum atomic E-state index is 0.710. The molecule has 20 heavy (non-hydrogen) atoms. The van der Waals surface area contributed by atoms with E-state index in [4.69, 9.17) is 0 Å². The van der Waals surface area contributed by atoms with Crippen LogP contribution in [0.4, 0.5) is 0 Å². The molecule has 2 rings (SSSR count). The molecule has 1 saturated carbocycles. The largest absolute Gasteiger partial charge is 0.311 e. The lowest BCUT2D eigenvalue weighted by atomic mass is 9.89. The molecule has 0 aromatic carbocycles. The van der Waals surface area contributed by atoms with E-state index < -0.39 is 0 Å². The molecule has 1 N–H and O–H groups in total. The highest BCUT2D eigenvalue weighted by molar-refractivity contribution is 4.91. The molecule has 1 aliphatic carbocycles. The van der Waals surface area contributed by atoms with Gasteiger partial charge in [0.25, 0.3) is 0 Å². The lowest BCUT2D eigenvalue weighted by Gasteiger charge is -2.45. The van der Waals surface area contributed by atoms with Crippen molar-refractivity contribution in [2.45, 2.75) is 78.3 Å². The zero-order chi connectivity index (χ0) is 14.5. The number of rotatable bonds is 6. The van der Waals surface area contributed by atoms with Crippen LogP contribution >= 0.6 is 0 Å². The van der Waals surface area contributed by atoms with Crippen LogP contribution in [0.15, 0.2) is 0 Å². The first-order valence-electron chi connectivity index (χ1n) is 9.13. The van der Waals surface area contributed by atoms with E-state index in [1.807, 2.05) is 0 Å². The van der Waals surface area contributed by atoms with Gasteiger partial charge in [-0.2, -0.15) is 0 Å². The standard InChI is InChI=1S/C18H36N2/c1-5-14(3)17-13-20(12-16-9-7-8-10-16)18(11-19-17)15(4)6-2/h14-19H,5-13H2,1-4H3. The maximum atomic E-state index is 3.85. The molecule has 2 fully saturated rings. The van der Waals surface area contributed by atoms with Crippen LogP contribution in [0, 0.1) is 17.8 Å². The summed E-state index contributed by atoms with van der Waals surface area (Å²) in [5.74, 6) is 2.61. The molecular formula is C18H36N2. The van der Waals surface area contributed by atoms with Crippen molar-refractivity contribution in [1.29, 1.82) is 0 Å². The summed E-state index contributed by atoms with van der Waals surface area (Å²) < 4.78 is 0. The highest BCUT2D eigenvalue weighted by atomic mass is 15.2. The summed E-state index contributed by atoms with van der Waals surface area (Å²) >= 11 is 0. The average Bonchev–Trinajstić information content (AvgIpc) is 2.98. The predicted molar refractivity (Wildman–Crippen MR) is 88.0 cm³/mol. The topological polar surface area (TPSA) is 15.3 Å². The van der Waals surface area contributed by atoms with Crippen LogP contribution in [0.3, 0.4) is 0 Å². The molecule has 118 valence electrons. The third-order valence-corrected chi connectivity index (χ3v) is 6.09. The van der Waals surface area contributed by atoms with E-state index in [0.717, 1.165) is 23.8 Å². The van der Waals surface area contributed by atoms with Crippen molar-refractivity contribution in [2.75, 3.05) is 19.6 Å². The summed E-state index contributed by atoms with van der Waals surface area (Å²) in [6.07, 6.45) is 8.50. The first kappa shape index (κ1) is 16.3. The van der Waals surface area contributed by atoms with Gasteiger partial charge in [-0.25, -0.2) is 0 Å². The summed E-state index contributed by atoms with van der Waals surface area (Å²) in [7, 11) is 0. The summed E-state index contributed by atoms with van der Waals surface area (Å²) in [4.78, 5) is 2.86. The fraction of sp³-hybridized carbons (Fsp3) is 1.00. The van der Waals surface area contributed by atoms with E-state index in [2.05, 4.69) is 37.9 Å². The predicted octanol–water partition coefficient (Wildman–Crippen LogP) is 3.91. The van der Waals surface area contributed by atoms with E-state index >= 15 is 0 Å². The Hall–Kier alpha value is -0.0800. The summed E-state index contributed by atoms with van der Waals surface area (Å²) in [6.45, 7) is 13.4. The highest BCUT2D eigenvalue weighted by Gasteiger charge is 2.34. The van der Waals surface area contributed by atoms with Gasteiger partial charge in [0.2, 0.25) is 0 Å². The molecule has 1 saturated heterocycles. The molecule has 0 radical (unpaired) electrons. The second kappa shape index (κ2) is 7.79. The molecule has 1 aliphatic heterocycles. The van der Waals surface area contributed by atoms with Gasteiger partial charge in [-0.1, -0.05) is 53.4 Å². The summed E-state index contributed by atoms with van der Waals surface area (Å²) in [6, 6.07) is 1.47. The maximum absolute atomic E-state index is 3.85. The lowest BCUT2D eigenvalue weighted by Crippen LogP contribution is -2.60. The first-order chi connectivity index (χ1) is 9.65. The van der Waals surface area contributed by atoms with Gasteiger partial charge in [0.15, 0.2) is 0 Å². The molecule has 4 atom stereocenters. The van der Waals surface area contributed by atoms with Crippen molar-refractivity contribution >= 4 is 0 Å². The van der Waals surface area contributed by atoms with Crippen LogP contribution in [0.25, 0.3) is 0 Å². The number of nitrogens with zero attached hydrogens (tertiary/aromatic N) is 1. The minimum Gasteiger partial charge on any atom is -0.311 e. The van der Waals surface area contributed by atoms with E-state index in [-0.39, 0.29) is 0 Å². The third-order valence-electron chi connectivity index (χ3n) is 6.09. The number of hydrogen-bond acceptors (Lipinski definition) is 2. The Morgan fingerprint density at radius 3 is 2.30 bits per heavy atom. The maximum Gasteiger partial charge on any atom is 0.0247 e. The quantitative estimate of drug-likeness (QED) is 0.793. The Labute approximate surface area is 126 Å². The van der Waals surface area contributed by atoms with Gasteiger partial charge in [0.1, 0.15) is 0 Å². The molecule has 0 spiro atoms. The van der Waals surface area contributed by atoms with Crippen LogP contribution < -0.4 is 5.32 Å². The number of hydrogen-bond donors (Lipinski definition) is 1. The second-order valence-corrected chi connectivity index (χ2v) is 7.46. The van der Waals surface area contributed by atoms with Crippen LogP contribution in [0.1, 0.15) is 66.2 Å². The molecule has 4 unspecified atom stereocenters. The van der Waals surface area contributed by atoms with E-state index in [9.17, 15) is 0 Å². The van der Waals surface area contributed by atoms with Gasteiger partial charge >= 0.3 is 0 Å². The van der Waals surface area contributed by atoms with Crippen LogP contribution in [-0.4, -0.2) is 36.6 Å². The Morgan fingerprint density at radius 1 is 1.05 bits per heavy atom. The molecule has 0 bridgehead atoms. The fourth-order valence-corrected chi connectivity index (χ4v) is 4.09. The van der Waals surface area contributed by atoms with Gasteiger partial charge in [-0.15, -0.1) is 0 Å². The van der Waals surface area contributed by atoms with E-state index in [1.165, 1.54) is 58.2 Å². The molecule has 1 heterocycles. The smallest absolute Gasteiger partial charge is 0.0247 e. The van der Waals surface area contributed by atoms with Gasteiger partial charge in [0, 0.05) is 31.7 Å². The lowest BCUT2D eigenvalue weighted by molar-refractivity contribution is 0.0623. The molecule has 0 amide bonds. The van der Waals surface area contributed by atoms with E-state index in [0.29, 0.717) is 6.04 Å². The Bertz CT molecular complexity index is 273. The van der Waals surface area contributed by atoms with Crippen molar-refractivity contribution in [1.82, 2.24) is 10.2 Å². The molecule has 2 heteroatoms. The molecule has 0 aromatic rings. The SMILES string of the molecule is CCC(C)C1CN(CC2CCCC2)C(C(C)CC)CN1. The Morgan fingerprint density at radius 2 is 1.70 bits per heavy atom. The monoisotopic (exact) mass is 280 g/mol. The van der Waals surface area contributed by atoms with Crippen molar-refractivity contribution < 1.29 is 0 Å². The van der Waals surface area contributed by atoms with Crippen molar-refractivity contribution in [2.24, 2.45) is 17.8 Å². The zero-order valence-electron chi connectivity index (χ0n) is 14.2. The second-order valence-electron chi connectivity index (χ2n) is 7.46. The number of piperazine rings is 1. The van der Waals surface area contributed by atoms with Gasteiger partial charge in [-0.3, -0.25) is 4.90 Å². The zero-order valence-corrected chi connectivity index (χ0v) is 14.2. The van der Waals surface area contributed by atoms with Crippen molar-refractivity contribution in [3.05, 3.63) is 0 Å². The number of nitrogens with one attached hydrogen (secondary N) is 1. The van der Waals surface area contributed by atoms with Gasteiger partial charge in [0.05, 0.1) is 0 Å². The van der Waals surface area contributed by atoms with Crippen LogP contribution in [0.5, 0.6) is 0 Å². The van der Waals surface area contributed by atoms with E-state index in [1.54, 1.807) is 0 Å². The van der Waals surface area contributed by atoms with Crippen LogP contribution in [-0.2, 0) is 0 Å². The third kappa shape index (κ3) is 3.98. The van der Waals surface area contributed by atoms with Gasteiger partial charge < -0.3 is 5.32 Å². The molecule has 2 nitrogen and oxygen atoms in total. The first-order valence-corrected chi connectivity index (χ1v) is 9.13. The fourth-order valence-electron chi connectivity index (χ4n) is 4.09. The Kier molecular flexibility index (Phi) is 6.35. The Balaban J connectivity index is 1.97. The van der Waals surface area contributed by atoms with Crippen LogP contribution in [0.2, 0.25) is 0 Å². The highest BCUT2D eigenvalue weighted by Crippen LogP contribution is 2.29. The summed E-state index contributed by atoms with van der Waals surface area (Å²) in [5, 5.41) is 3.85. The molecule has 2 aliphatic rings.